The minimum atomic E-state index is -0.214. The van der Waals surface area contributed by atoms with Gasteiger partial charge < -0.3 is 9.84 Å². The maximum Gasteiger partial charge on any atom is 0.273 e. The van der Waals surface area contributed by atoms with Crippen molar-refractivity contribution in [3.05, 3.63) is 41.0 Å². The van der Waals surface area contributed by atoms with E-state index < -0.39 is 0 Å². The second kappa shape index (κ2) is 7.58. The summed E-state index contributed by atoms with van der Waals surface area (Å²) < 4.78 is 5.30. The number of likely N-dealkylation sites (tertiary alicyclic amines) is 1. The summed E-state index contributed by atoms with van der Waals surface area (Å²) in [4.78, 5) is 14.8. The maximum atomic E-state index is 12.4. The summed E-state index contributed by atoms with van der Waals surface area (Å²) in [5.74, 6) is 0.339. The highest BCUT2D eigenvalue weighted by atomic mass is 35.5. The molecular formula is C19H24ClN3O2. The van der Waals surface area contributed by atoms with E-state index in [0.29, 0.717) is 23.0 Å². The van der Waals surface area contributed by atoms with Gasteiger partial charge in [-0.15, -0.1) is 0 Å². The van der Waals surface area contributed by atoms with E-state index in [9.17, 15) is 4.79 Å². The smallest absolute Gasteiger partial charge is 0.273 e. The van der Waals surface area contributed by atoms with E-state index in [0.717, 1.165) is 18.7 Å². The molecule has 1 saturated heterocycles. The molecule has 6 heteroatoms. The Hall–Kier alpha value is -1.85. The highest BCUT2D eigenvalue weighted by Gasteiger charge is 2.28. The molecule has 134 valence electrons. The van der Waals surface area contributed by atoms with Gasteiger partial charge in [0.05, 0.1) is 0 Å². The van der Waals surface area contributed by atoms with Crippen LogP contribution in [0, 0.1) is 0 Å². The Bertz CT molecular complexity index is 719. The third-order valence-corrected chi connectivity index (χ3v) is 5.02. The molecule has 5 nitrogen and oxygen atoms in total. The summed E-state index contributed by atoms with van der Waals surface area (Å²) in [7, 11) is 0. The average Bonchev–Trinajstić information content (AvgIpc) is 3.11. The van der Waals surface area contributed by atoms with Gasteiger partial charge in [-0.05, 0) is 64.0 Å². The first kappa shape index (κ1) is 18.0. The van der Waals surface area contributed by atoms with Crippen molar-refractivity contribution in [2.45, 2.75) is 38.6 Å². The van der Waals surface area contributed by atoms with E-state index in [4.69, 9.17) is 16.1 Å². The molecule has 0 saturated carbocycles. The van der Waals surface area contributed by atoms with E-state index in [1.165, 1.54) is 19.3 Å². The summed E-state index contributed by atoms with van der Waals surface area (Å²) in [5.41, 5.74) is 1.06. The molecule has 0 atom stereocenters. The zero-order valence-electron chi connectivity index (χ0n) is 14.7. The van der Waals surface area contributed by atoms with Crippen molar-refractivity contribution in [3.8, 4) is 11.3 Å². The lowest BCUT2D eigenvalue weighted by molar-refractivity contribution is 0.0792. The molecule has 1 N–H and O–H groups in total. The molecule has 0 aliphatic carbocycles. The van der Waals surface area contributed by atoms with Crippen LogP contribution in [0.5, 0.6) is 0 Å². The lowest BCUT2D eigenvalue weighted by Crippen LogP contribution is -2.53. The second-order valence-electron chi connectivity index (χ2n) is 7.13. The maximum absolute atomic E-state index is 12.4. The van der Waals surface area contributed by atoms with Crippen LogP contribution in [-0.4, -0.2) is 41.1 Å². The standard InChI is InChI=1S/C19H24ClN3O2/c1-19(2,23-10-4-3-5-11-23)13-21-18(24)16-12-17(25-22-16)14-6-8-15(20)9-7-14/h6-9,12H,3-5,10-11,13H2,1-2H3,(H,21,24). The van der Waals surface area contributed by atoms with E-state index in [-0.39, 0.29) is 11.4 Å². The first-order valence-corrected chi connectivity index (χ1v) is 9.09. The Kier molecular flexibility index (Phi) is 5.45. The van der Waals surface area contributed by atoms with Crippen LogP contribution in [-0.2, 0) is 0 Å². The van der Waals surface area contributed by atoms with Crippen molar-refractivity contribution in [1.82, 2.24) is 15.4 Å². The number of aromatic nitrogens is 1. The van der Waals surface area contributed by atoms with Crippen molar-refractivity contribution in [1.29, 1.82) is 0 Å². The molecule has 0 unspecified atom stereocenters. The van der Waals surface area contributed by atoms with Gasteiger partial charge in [-0.1, -0.05) is 23.2 Å². The number of nitrogens with one attached hydrogen (secondary N) is 1. The normalized spacial score (nSPS) is 16.0. The number of carbonyl (C=O) groups excluding carboxylic acids is 1. The number of halogens is 1. The second-order valence-corrected chi connectivity index (χ2v) is 7.56. The molecule has 1 aliphatic heterocycles. The number of carbonyl (C=O) groups is 1. The predicted molar refractivity (Wildman–Crippen MR) is 98.8 cm³/mol. The number of hydrogen-bond donors (Lipinski definition) is 1. The Morgan fingerprint density at radius 3 is 2.60 bits per heavy atom. The lowest BCUT2D eigenvalue weighted by atomic mass is 9.98. The fraction of sp³-hybridized carbons (Fsp3) is 0.474. The Balaban J connectivity index is 1.61. The third kappa shape index (κ3) is 4.41. The molecule has 2 heterocycles. The molecule has 2 aromatic rings. The molecule has 3 rings (SSSR count). The highest BCUT2D eigenvalue weighted by Crippen LogP contribution is 2.23. The first-order chi connectivity index (χ1) is 12.0. The summed E-state index contributed by atoms with van der Waals surface area (Å²) in [6.07, 6.45) is 3.75. The summed E-state index contributed by atoms with van der Waals surface area (Å²) in [6.45, 7) is 7.09. The van der Waals surface area contributed by atoms with Gasteiger partial charge in [0, 0.05) is 28.7 Å². The molecule has 25 heavy (non-hydrogen) atoms. The van der Waals surface area contributed by atoms with Crippen LogP contribution in [0.3, 0.4) is 0 Å². The van der Waals surface area contributed by atoms with Gasteiger partial charge in [-0.25, -0.2) is 0 Å². The minimum Gasteiger partial charge on any atom is -0.355 e. The number of rotatable bonds is 5. The number of amides is 1. The number of benzene rings is 1. The van der Waals surface area contributed by atoms with Crippen molar-refractivity contribution < 1.29 is 9.32 Å². The molecular weight excluding hydrogens is 338 g/mol. The molecule has 1 aromatic heterocycles. The summed E-state index contributed by atoms with van der Waals surface area (Å²) in [6, 6.07) is 8.89. The van der Waals surface area contributed by atoms with Gasteiger partial charge in [-0.2, -0.15) is 0 Å². The number of piperidine rings is 1. The largest absolute Gasteiger partial charge is 0.355 e. The quantitative estimate of drug-likeness (QED) is 0.874. The van der Waals surface area contributed by atoms with Gasteiger partial charge >= 0.3 is 0 Å². The highest BCUT2D eigenvalue weighted by molar-refractivity contribution is 6.30. The van der Waals surface area contributed by atoms with Crippen molar-refractivity contribution >= 4 is 17.5 Å². The number of hydrogen-bond acceptors (Lipinski definition) is 4. The monoisotopic (exact) mass is 361 g/mol. The summed E-state index contributed by atoms with van der Waals surface area (Å²) in [5, 5.41) is 7.53. The summed E-state index contributed by atoms with van der Waals surface area (Å²) >= 11 is 5.89. The number of nitrogens with zero attached hydrogens (tertiary/aromatic N) is 2. The third-order valence-electron chi connectivity index (χ3n) is 4.77. The molecule has 1 aliphatic rings. The lowest BCUT2D eigenvalue weighted by Gasteiger charge is -2.41. The first-order valence-electron chi connectivity index (χ1n) is 8.72. The van der Waals surface area contributed by atoms with E-state index in [1.807, 2.05) is 12.1 Å². The molecule has 1 aromatic carbocycles. The molecule has 1 fully saturated rings. The zero-order chi connectivity index (χ0) is 17.9. The van der Waals surface area contributed by atoms with Gasteiger partial charge in [0.2, 0.25) is 0 Å². The van der Waals surface area contributed by atoms with Crippen molar-refractivity contribution in [3.63, 3.8) is 0 Å². The zero-order valence-corrected chi connectivity index (χ0v) is 15.5. The van der Waals surface area contributed by atoms with Crippen LogP contribution in [0.1, 0.15) is 43.6 Å². The van der Waals surface area contributed by atoms with Crippen LogP contribution in [0.25, 0.3) is 11.3 Å². The fourth-order valence-electron chi connectivity index (χ4n) is 3.13. The van der Waals surface area contributed by atoms with Crippen LogP contribution in [0.4, 0.5) is 0 Å². The Morgan fingerprint density at radius 1 is 1.24 bits per heavy atom. The molecule has 0 spiro atoms. The van der Waals surface area contributed by atoms with Crippen LogP contribution in [0.2, 0.25) is 5.02 Å². The van der Waals surface area contributed by atoms with Gasteiger partial charge in [0.1, 0.15) is 0 Å². The van der Waals surface area contributed by atoms with Crippen molar-refractivity contribution in [2.24, 2.45) is 0 Å². The van der Waals surface area contributed by atoms with Gasteiger partial charge in [0.15, 0.2) is 11.5 Å². The average molecular weight is 362 g/mol. The van der Waals surface area contributed by atoms with Crippen LogP contribution in [0.15, 0.2) is 34.9 Å². The van der Waals surface area contributed by atoms with Crippen molar-refractivity contribution in [2.75, 3.05) is 19.6 Å². The van der Waals surface area contributed by atoms with Gasteiger partial charge in [-0.3, -0.25) is 9.69 Å². The fourth-order valence-corrected chi connectivity index (χ4v) is 3.26. The Labute approximate surface area is 153 Å². The topological polar surface area (TPSA) is 58.4 Å². The van der Waals surface area contributed by atoms with E-state index in [2.05, 4.69) is 29.2 Å². The minimum absolute atomic E-state index is 0.0706. The Morgan fingerprint density at radius 2 is 1.92 bits per heavy atom. The molecule has 0 radical (unpaired) electrons. The van der Waals surface area contributed by atoms with Crippen LogP contribution >= 0.6 is 11.6 Å². The predicted octanol–water partition coefficient (Wildman–Crippen LogP) is 3.99. The SMILES string of the molecule is CC(C)(CNC(=O)c1cc(-c2ccc(Cl)cc2)on1)N1CCCCC1. The van der Waals surface area contributed by atoms with Crippen LogP contribution < -0.4 is 5.32 Å². The van der Waals surface area contributed by atoms with E-state index >= 15 is 0 Å². The van der Waals surface area contributed by atoms with Gasteiger partial charge in [0.25, 0.3) is 5.91 Å². The molecule has 0 bridgehead atoms. The van der Waals surface area contributed by atoms with E-state index in [1.54, 1.807) is 18.2 Å². The molecule has 1 amide bonds.